The van der Waals surface area contributed by atoms with E-state index in [4.69, 9.17) is 17.0 Å². The number of aryl methyl sites for hydroxylation is 1. The normalized spacial score (nSPS) is 15.2. The Kier molecular flexibility index (Phi) is 5.79. The van der Waals surface area contributed by atoms with Gasteiger partial charge in [-0.25, -0.2) is 0 Å². The first-order valence-electron chi connectivity index (χ1n) is 9.22. The van der Waals surface area contributed by atoms with Crippen LogP contribution in [0.2, 0.25) is 0 Å². The van der Waals surface area contributed by atoms with Gasteiger partial charge in [0.25, 0.3) is 5.91 Å². The highest BCUT2D eigenvalue weighted by molar-refractivity contribution is 8.26. The van der Waals surface area contributed by atoms with Gasteiger partial charge in [0.15, 0.2) is 0 Å². The Bertz CT molecular complexity index is 1080. The quantitative estimate of drug-likeness (QED) is 0.366. The number of benzene rings is 3. The fourth-order valence-corrected chi connectivity index (χ4v) is 4.21. The Labute approximate surface area is 180 Å². The Hall–Kier alpha value is -2.89. The number of nitrogens with zero attached hydrogens (tertiary/aromatic N) is 1. The van der Waals surface area contributed by atoms with Gasteiger partial charge in [0.2, 0.25) is 0 Å². The van der Waals surface area contributed by atoms with Crippen molar-refractivity contribution in [2.24, 2.45) is 0 Å². The van der Waals surface area contributed by atoms with E-state index in [-0.39, 0.29) is 5.91 Å². The molecule has 1 saturated heterocycles. The summed E-state index contributed by atoms with van der Waals surface area (Å²) in [5.41, 5.74) is 3.15. The van der Waals surface area contributed by atoms with Crippen molar-refractivity contribution < 1.29 is 9.53 Å². The summed E-state index contributed by atoms with van der Waals surface area (Å²) in [6, 6.07) is 25.4. The highest BCUT2D eigenvalue weighted by Crippen LogP contribution is 2.34. The lowest BCUT2D eigenvalue weighted by atomic mass is 10.1. The highest BCUT2D eigenvalue weighted by Gasteiger charge is 2.31. The van der Waals surface area contributed by atoms with Crippen LogP contribution in [0, 0.1) is 6.92 Å². The molecule has 0 unspecified atom stereocenters. The molecule has 1 fully saturated rings. The fraction of sp³-hybridized carbons (Fsp3) is 0.0833. The van der Waals surface area contributed by atoms with Crippen LogP contribution in [0.4, 0.5) is 0 Å². The summed E-state index contributed by atoms with van der Waals surface area (Å²) in [7, 11) is 0. The summed E-state index contributed by atoms with van der Waals surface area (Å²) in [6.45, 7) is 2.53. The lowest BCUT2D eigenvalue weighted by Gasteiger charge is -2.14. The first kappa shape index (κ1) is 19.4. The Morgan fingerprint density at radius 3 is 2.45 bits per heavy atom. The third-order valence-corrected chi connectivity index (χ3v) is 5.85. The van der Waals surface area contributed by atoms with Crippen LogP contribution in [-0.2, 0) is 11.3 Å². The van der Waals surface area contributed by atoms with Gasteiger partial charge in [0.1, 0.15) is 15.8 Å². The van der Waals surface area contributed by atoms with Crippen molar-refractivity contribution in [3.8, 4) is 11.5 Å². The van der Waals surface area contributed by atoms with Crippen molar-refractivity contribution in [3.63, 3.8) is 0 Å². The molecule has 3 nitrogen and oxygen atoms in total. The largest absolute Gasteiger partial charge is 0.457 e. The van der Waals surface area contributed by atoms with Crippen LogP contribution < -0.4 is 4.74 Å². The molecule has 3 aromatic rings. The zero-order valence-corrected chi connectivity index (χ0v) is 17.5. The second kappa shape index (κ2) is 8.64. The molecule has 0 radical (unpaired) electrons. The van der Waals surface area contributed by atoms with Crippen LogP contribution in [0.25, 0.3) is 6.08 Å². The second-order valence-electron chi connectivity index (χ2n) is 6.74. The summed E-state index contributed by atoms with van der Waals surface area (Å²) < 4.78 is 6.47. The second-order valence-corrected chi connectivity index (χ2v) is 8.42. The summed E-state index contributed by atoms with van der Waals surface area (Å²) >= 11 is 6.79. The maximum Gasteiger partial charge on any atom is 0.266 e. The average Bonchev–Trinajstić information content (AvgIpc) is 2.98. The zero-order valence-electron chi connectivity index (χ0n) is 15.9. The molecule has 1 heterocycles. The number of hydrogen-bond donors (Lipinski definition) is 0. The van der Waals surface area contributed by atoms with E-state index in [9.17, 15) is 4.79 Å². The predicted molar refractivity (Wildman–Crippen MR) is 123 cm³/mol. The lowest BCUT2D eigenvalue weighted by molar-refractivity contribution is -0.122. The number of rotatable bonds is 5. The van der Waals surface area contributed by atoms with Gasteiger partial charge in [0, 0.05) is 0 Å². The van der Waals surface area contributed by atoms with Crippen LogP contribution in [0.15, 0.2) is 83.8 Å². The van der Waals surface area contributed by atoms with Crippen LogP contribution >= 0.6 is 24.0 Å². The zero-order chi connectivity index (χ0) is 20.2. The van der Waals surface area contributed by atoms with Crippen molar-refractivity contribution in [1.82, 2.24) is 4.90 Å². The van der Waals surface area contributed by atoms with Crippen molar-refractivity contribution in [2.45, 2.75) is 13.5 Å². The Balaban J connectivity index is 1.51. The molecule has 4 rings (SSSR count). The van der Waals surface area contributed by atoms with Crippen molar-refractivity contribution in [2.75, 3.05) is 0 Å². The van der Waals surface area contributed by atoms with Crippen LogP contribution in [0.3, 0.4) is 0 Å². The van der Waals surface area contributed by atoms with E-state index >= 15 is 0 Å². The van der Waals surface area contributed by atoms with E-state index in [0.717, 1.165) is 22.6 Å². The summed E-state index contributed by atoms with van der Waals surface area (Å²) in [5.74, 6) is 1.43. The van der Waals surface area contributed by atoms with Crippen molar-refractivity contribution in [3.05, 3.63) is 100 Å². The molecule has 0 spiro atoms. The third-order valence-electron chi connectivity index (χ3n) is 4.47. The highest BCUT2D eigenvalue weighted by atomic mass is 32.2. The predicted octanol–water partition coefficient (Wildman–Crippen LogP) is 6.19. The van der Waals surface area contributed by atoms with E-state index in [2.05, 4.69) is 0 Å². The number of carbonyl (C=O) groups is 1. The molecule has 0 N–H and O–H groups in total. The Morgan fingerprint density at radius 2 is 1.69 bits per heavy atom. The Morgan fingerprint density at radius 1 is 0.966 bits per heavy atom. The van der Waals surface area contributed by atoms with Crippen LogP contribution in [-0.4, -0.2) is 15.1 Å². The van der Waals surface area contributed by atoms with Gasteiger partial charge in [-0.15, -0.1) is 0 Å². The van der Waals surface area contributed by atoms with Gasteiger partial charge in [-0.05, 0) is 48.4 Å². The summed E-state index contributed by atoms with van der Waals surface area (Å²) in [5, 5.41) is 0. The number of amides is 1. The molecule has 3 aromatic carbocycles. The SMILES string of the molecule is Cc1ccc(CN2C(=O)/C(=C/c3cccc(Oc4ccccc4)c3)SC2=S)cc1. The number of carbonyl (C=O) groups excluding carboxylic acids is 1. The molecular weight excluding hydrogens is 398 g/mol. The van der Waals surface area contributed by atoms with Crippen molar-refractivity contribution >= 4 is 40.3 Å². The number of thiocarbonyl (C=S) groups is 1. The number of para-hydroxylation sites is 1. The van der Waals surface area contributed by atoms with E-state index in [1.54, 1.807) is 4.90 Å². The van der Waals surface area contributed by atoms with E-state index in [1.165, 1.54) is 17.3 Å². The average molecular weight is 418 g/mol. The molecule has 0 saturated carbocycles. The van der Waals surface area contributed by atoms with Gasteiger partial charge < -0.3 is 4.74 Å². The minimum atomic E-state index is -0.0602. The van der Waals surface area contributed by atoms with Gasteiger partial charge in [0.05, 0.1) is 11.4 Å². The van der Waals surface area contributed by atoms with E-state index < -0.39 is 0 Å². The maximum atomic E-state index is 12.9. The van der Waals surface area contributed by atoms with Gasteiger partial charge in [-0.1, -0.05) is 84.1 Å². The molecule has 29 heavy (non-hydrogen) atoms. The number of ether oxygens (including phenoxy) is 1. The topological polar surface area (TPSA) is 29.5 Å². The first-order valence-corrected chi connectivity index (χ1v) is 10.4. The first-order chi connectivity index (χ1) is 14.1. The van der Waals surface area contributed by atoms with Gasteiger partial charge in [-0.3, -0.25) is 9.69 Å². The minimum absolute atomic E-state index is 0.0602. The molecule has 1 aliphatic rings. The molecule has 0 bridgehead atoms. The fourth-order valence-electron chi connectivity index (χ4n) is 2.96. The number of thioether (sulfide) groups is 1. The monoisotopic (exact) mass is 417 g/mol. The smallest absolute Gasteiger partial charge is 0.266 e. The summed E-state index contributed by atoms with van der Waals surface area (Å²) in [4.78, 5) is 15.2. The molecule has 0 atom stereocenters. The van der Waals surface area contributed by atoms with Crippen LogP contribution in [0.5, 0.6) is 11.5 Å². The molecule has 144 valence electrons. The standard InChI is InChI=1S/C24H19NO2S2/c1-17-10-12-18(13-11-17)16-25-23(26)22(29-24(25)28)15-19-6-5-9-21(14-19)27-20-7-3-2-4-8-20/h2-15H,16H2,1H3/b22-15-. The minimum Gasteiger partial charge on any atom is -0.457 e. The van der Waals surface area contributed by atoms with Gasteiger partial charge >= 0.3 is 0 Å². The maximum absolute atomic E-state index is 12.9. The molecule has 0 aliphatic carbocycles. The molecular formula is C24H19NO2S2. The van der Waals surface area contributed by atoms with E-state index in [1.807, 2.05) is 91.9 Å². The molecule has 1 aliphatic heterocycles. The molecule has 1 amide bonds. The molecule has 0 aromatic heterocycles. The molecule has 5 heteroatoms. The summed E-state index contributed by atoms with van der Waals surface area (Å²) in [6.07, 6.45) is 1.87. The lowest BCUT2D eigenvalue weighted by Crippen LogP contribution is -2.27. The van der Waals surface area contributed by atoms with Crippen LogP contribution in [0.1, 0.15) is 16.7 Å². The van der Waals surface area contributed by atoms with E-state index in [0.29, 0.717) is 15.8 Å². The number of hydrogen-bond acceptors (Lipinski definition) is 4. The van der Waals surface area contributed by atoms with Crippen molar-refractivity contribution in [1.29, 1.82) is 0 Å². The van der Waals surface area contributed by atoms with Gasteiger partial charge in [-0.2, -0.15) is 0 Å². The third kappa shape index (κ3) is 4.75.